The fourth-order valence-corrected chi connectivity index (χ4v) is 3.28. The summed E-state index contributed by atoms with van der Waals surface area (Å²) in [6.45, 7) is 0. The number of barbiturate groups is 1. The summed E-state index contributed by atoms with van der Waals surface area (Å²) in [6, 6.07) is 11.4. The fourth-order valence-electron chi connectivity index (χ4n) is 3.28. The number of amides is 4. The summed E-state index contributed by atoms with van der Waals surface area (Å²) in [5.74, 6) is -0.457. The highest BCUT2D eigenvalue weighted by molar-refractivity contribution is 6.39. The molecule has 0 bridgehead atoms. The van der Waals surface area contributed by atoms with Crippen LogP contribution in [0, 0.1) is 0 Å². The van der Waals surface area contributed by atoms with Crippen LogP contribution in [0.4, 0.5) is 10.5 Å². The van der Waals surface area contributed by atoms with Gasteiger partial charge in [0.25, 0.3) is 11.8 Å². The van der Waals surface area contributed by atoms with Gasteiger partial charge in [0.1, 0.15) is 17.1 Å². The van der Waals surface area contributed by atoms with E-state index in [0.717, 1.165) is 15.7 Å². The molecule has 30 heavy (non-hydrogen) atoms. The van der Waals surface area contributed by atoms with Crippen LogP contribution in [-0.4, -0.2) is 37.0 Å². The molecule has 2 aromatic carbocycles. The molecule has 0 radical (unpaired) electrons. The molecule has 0 atom stereocenters. The van der Waals surface area contributed by atoms with Gasteiger partial charge in [0.15, 0.2) is 0 Å². The summed E-state index contributed by atoms with van der Waals surface area (Å²) in [5.41, 5.74) is 0.574. The van der Waals surface area contributed by atoms with Crippen molar-refractivity contribution >= 4 is 40.4 Å². The Labute approximate surface area is 171 Å². The summed E-state index contributed by atoms with van der Waals surface area (Å²) in [4.78, 5) is 42.7. The van der Waals surface area contributed by atoms with E-state index in [1.807, 2.05) is 18.2 Å². The van der Waals surface area contributed by atoms with Crippen LogP contribution < -0.4 is 19.7 Å². The molecule has 1 aliphatic heterocycles. The standard InChI is InChI=1S/C22H17N3O5/c1-29-15-7-5-13-6-8-19(30-2)17(16(13)10-15)11-18-20(26)24-22(28)25(21(18)27)14-4-3-9-23-12-14/h3-12H,1-2H3,(H,24,26,28)/b18-11+. The summed E-state index contributed by atoms with van der Waals surface area (Å²) in [5, 5.41) is 3.80. The molecule has 0 unspecified atom stereocenters. The number of ether oxygens (including phenoxy) is 2. The Morgan fingerprint density at radius 3 is 2.53 bits per heavy atom. The second-order valence-corrected chi connectivity index (χ2v) is 6.44. The van der Waals surface area contributed by atoms with Crippen molar-refractivity contribution < 1.29 is 23.9 Å². The molecule has 1 aromatic heterocycles. The van der Waals surface area contributed by atoms with Gasteiger partial charge in [-0.15, -0.1) is 0 Å². The smallest absolute Gasteiger partial charge is 0.336 e. The molecule has 0 saturated carbocycles. The Morgan fingerprint density at radius 1 is 1.03 bits per heavy atom. The van der Waals surface area contributed by atoms with E-state index in [0.29, 0.717) is 17.1 Å². The third kappa shape index (κ3) is 3.24. The van der Waals surface area contributed by atoms with Gasteiger partial charge in [0.2, 0.25) is 0 Å². The number of carbonyl (C=O) groups excluding carboxylic acids is 3. The van der Waals surface area contributed by atoms with Gasteiger partial charge in [-0.1, -0.05) is 12.1 Å². The number of nitrogens with zero attached hydrogens (tertiary/aromatic N) is 2. The summed E-state index contributed by atoms with van der Waals surface area (Å²) in [6.07, 6.45) is 4.31. The molecule has 1 N–H and O–H groups in total. The molecule has 4 amide bonds. The number of benzene rings is 2. The first-order valence-electron chi connectivity index (χ1n) is 8.99. The molecule has 1 fully saturated rings. The lowest BCUT2D eigenvalue weighted by molar-refractivity contribution is -0.122. The van der Waals surface area contributed by atoms with Crippen molar-refractivity contribution in [3.63, 3.8) is 0 Å². The number of methoxy groups -OCH3 is 2. The fraction of sp³-hybridized carbons (Fsp3) is 0.0909. The summed E-state index contributed by atoms with van der Waals surface area (Å²) < 4.78 is 10.8. The zero-order valence-corrected chi connectivity index (χ0v) is 16.2. The van der Waals surface area contributed by atoms with Gasteiger partial charge < -0.3 is 9.47 Å². The number of anilines is 1. The lowest BCUT2D eigenvalue weighted by atomic mass is 9.99. The highest BCUT2D eigenvalue weighted by Crippen LogP contribution is 2.33. The van der Waals surface area contributed by atoms with Gasteiger partial charge in [-0.25, -0.2) is 9.69 Å². The predicted octanol–water partition coefficient (Wildman–Crippen LogP) is 2.92. The highest BCUT2D eigenvalue weighted by Gasteiger charge is 2.37. The molecule has 4 rings (SSSR count). The number of nitrogens with one attached hydrogen (secondary N) is 1. The lowest BCUT2D eigenvalue weighted by Gasteiger charge is -2.26. The first-order valence-corrected chi connectivity index (χ1v) is 8.99. The van der Waals surface area contributed by atoms with Crippen LogP contribution in [0.1, 0.15) is 5.56 Å². The molecule has 150 valence electrons. The molecule has 0 spiro atoms. The van der Waals surface area contributed by atoms with Crippen molar-refractivity contribution in [3.8, 4) is 11.5 Å². The van der Waals surface area contributed by atoms with Crippen LogP contribution in [-0.2, 0) is 9.59 Å². The lowest BCUT2D eigenvalue weighted by Crippen LogP contribution is -2.54. The molecule has 1 aliphatic rings. The molecular formula is C22H17N3O5. The van der Waals surface area contributed by atoms with Crippen molar-refractivity contribution in [2.75, 3.05) is 19.1 Å². The number of imide groups is 2. The van der Waals surface area contributed by atoms with Gasteiger partial charge in [-0.3, -0.25) is 19.9 Å². The quantitative estimate of drug-likeness (QED) is 0.531. The maximum Gasteiger partial charge on any atom is 0.336 e. The van der Waals surface area contributed by atoms with E-state index in [-0.39, 0.29) is 11.3 Å². The van der Waals surface area contributed by atoms with E-state index < -0.39 is 17.8 Å². The number of hydrogen-bond donors (Lipinski definition) is 1. The highest BCUT2D eigenvalue weighted by atomic mass is 16.5. The minimum Gasteiger partial charge on any atom is -0.497 e. The van der Waals surface area contributed by atoms with Crippen LogP contribution >= 0.6 is 0 Å². The van der Waals surface area contributed by atoms with E-state index in [1.54, 1.807) is 31.4 Å². The summed E-state index contributed by atoms with van der Waals surface area (Å²) in [7, 11) is 3.05. The van der Waals surface area contributed by atoms with Crippen LogP contribution in [0.3, 0.4) is 0 Å². The molecule has 0 aliphatic carbocycles. The molecule has 1 saturated heterocycles. The van der Waals surface area contributed by atoms with Crippen molar-refractivity contribution in [1.82, 2.24) is 10.3 Å². The van der Waals surface area contributed by atoms with Gasteiger partial charge in [0, 0.05) is 11.8 Å². The average molecular weight is 403 g/mol. The van der Waals surface area contributed by atoms with Crippen LogP contribution in [0.5, 0.6) is 11.5 Å². The second-order valence-electron chi connectivity index (χ2n) is 6.44. The van der Waals surface area contributed by atoms with Gasteiger partial charge in [-0.05, 0) is 47.2 Å². The zero-order valence-electron chi connectivity index (χ0n) is 16.2. The Morgan fingerprint density at radius 2 is 1.83 bits per heavy atom. The summed E-state index contributed by atoms with van der Waals surface area (Å²) >= 11 is 0. The normalized spacial score (nSPS) is 15.5. The Hall–Kier alpha value is -4.20. The van der Waals surface area contributed by atoms with Crippen molar-refractivity contribution in [3.05, 3.63) is 66.0 Å². The topological polar surface area (TPSA) is 97.8 Å². The number of carbonyl (C=O) groups is 3. The Balaban J connectivity index is 1.89. The second kappa shape index (κ2) is 7.67. The van der Waals surface area contributed by atoms with Gasteiger partial charge in [0.05, 0.1) is 26.1 Å². The number of fused-ring (bicyclic) bond motifs is 1. The number of aromatic nitrogens is 1. The maximum atomic E-state index is 13.1. The number of hydrogen-bond acceptors (Lipinski definition) is 6. The Bertz CT molecular complexity index is 1200. The minimum absolute atomic E-state index is 0.202. The SMILES string of the molecule is COc1ccc2ccc(OC)c(/C=C3\C(=O)NC(=O)N(c4cccnc4)C3=O)c2c1. The maximum absolute atomic E-state index is 13.1. The molecule has 2 heterocycles. The molecule has 3 aromatic rings. The predicted molar refractivity (Wildman–Crippen MR) is 110 cm³/mol. The van der Waals surface area contributed by atoms with Crippen LogP contribution in [0.25, 0.3) is 16.8 Å². The third-order valence-electron chi connectivity index (χ3n) is 4.74. The van der Waals surface area contributed by atoms with E-state index >= 15 is 0 Å². The first kappa shape index (κ1) is 19.1. The van der Waals surface area contributed by atoms with Crippen molar-refractivity contribution in [2.45, 2.75) is 0 Å². The third-order valence-corrected chi connectivity index (χ3v) is 4.74. The van der Waals surface area contributed by atoms with Crippen LogP contribution in [0.2, 0.25) is 0 Å². The average Bonchev–Trinajstić information content (AvgIpc) is 2.76. The largest absolute Gasteiger partial charge is 0.497 e. The van der Waals surface area contributed by atoms with Gasteiger partial charge in [-0.2, -0.15) is 0 Å². The zero-order chi connectivity index (χ0) is 21.3. The van der Waals surface area contributed by atoms with E-state index in [4.69, 9.17) is 9.47 Å². The first-order chi connectivity index (χ1) is 14.5. The van der Waals surface area contributed by atoms with Crippen molar-refractivity contribution in [1.29, 1.82) is 0 Å². The van der Waals surface area contributed by atoms with Crippen LogP contribution in [0.15, 0.2) is 60.4 Å². The van der Waals surface area contributed by atoms with Crippen molar-refractivity contribution in [2.24, 2.45) is 0 Å². The van der Waals surface area contributed by atoms with E-state index in [1.165, 1.54) is 25.6 Å². The number of pyridine rings is 1. The molecule has 8 nitrogen and oxygen atoms in total. The number of urea groups is 1. The van der Waals surface area contributed by atoms with E-state index in [2.05, 4.69) is 10.3 Å². The number of rotatable bonds is 4. The molecular weight excluding hydrogens is 386 g/mol. The van der Waals surface area contributed by atoms with E-state index in [9.17, 15) is 14.4 Å². The minimum atomic E-state index is -0.832. The monoisotopic (exact) mass is 403 g/mol. The van der Waals surface area contributed by atoms with Gasteiger partial charge >= 0.3 is 6.03 Å². The molecule has 8 heteroatoms. The Kier molecular flexibility index (Phi) is 4.89.